The monoisotopic (exact) mass is 333 g/mol. The standard InChI is InChI=1S/C16H16BrNO2/c1-3-20-15-7-4-11(17)9-14(15)16(19)13-6-5-12(18)8-10(13)2/h4-9H,3,18H2,1-2H3. The summed E-state index contributed by atoms with van der Waals surface area (Å²) in [6, 6.07) is 10.7. The number of aryl methyl sites for hydroxylation is 1. The van der Waals surface area contributed by atoms with Crippen molar-refractivity contribution < 1.29 is 9.53 Å². The van der Waals surface area contributed by atoms with Crippen LogP contribution in [0.15, 0.2) is 40.9 Å². The van der Waals surface area contributed by atoms with Gasteiger partial charge in [0.15, 0.2) is 5.78 Å². The molecule has 0 atom stereocenters. The number of nitrogen functional groups attached to an aromatic ring is 1. The molecule has 2 N–H and O–H groups in total. The van der Waals surface area contributed by atoms with E-state index >= 15 is 0 Å². The zero-order valence-corrected chi connectivity index (χ0v) is 13.0. The lowest BCUT2D eigenvalue weighted by Gasteiger charge is -2.11. The smallest absolute Gasteiger partial charge is 0.197 e. The molecule has 0 spiro atoms. The van der Waals surface area contributed by atoms with Gasteiger partial charge in [0.05, 0.1) is 12.2 Å². The van der Waals surface area contributed by atoms with Gasteiger partial charge in [0, 0.05) is 15.7 Å². The maximum atomic E-state index is 12.7. The number of benzene rings is 2. The summed E-state index contributed by atoms with van der Waals surface area (Å²) < 4.78 is 6.38. The Morgan fingerprint density at radius 3 is 2.60 bits per heavy atom. The van der Waals surface area contributed by atoms with E-state index in [1.54, 1.807) is 30.3 Å². The van der Waals surface area contributed by atoms with Crippen LogP contribution in [0.25, 0.3) is 0 Å². The van der Waals surface area contributed by atoms with E-state index in [1.807, 2.05) is 19.9 Å². The van der Waals surface area contributed by atoms with Gasteiger partial charge in [-0.1, -0.05) is 15.9 Å². The van der Waals surface area contributed by atoms with Gasteiger partial charge in [0.2, 0.25) is 0 Å². The Kier molecular flexibility index (Phi) is 4.45. The number of rotatable bonds is 4. The van der Waals surface area contributed by atoms with E-state index in [9.17, 15) is 4.79 Å². The third kappa shape index (κ3) is 3.02. The van der Waals surface area contributed by atoms with Crippen LogP contribution in [0.2, 0.25) is 0 Å². The third-order valence-corrected chi connectivity index (χ3v) is 3.47. The maximum absolute atomic E-state index is 12.7. The van der Waals surface area contributed by atoms with E-state index in [-0.39, 0.29) is 5.78 Å². The number of hydrogen-bond donors (Lipinski definition) is 1. The van der Waals surface area contributed by atoms with Gasteiger partial charge >= 0.3 is 0 Å². The van der Waals surface area contributed by atoms with Crippen molar-refractivity contribution in [3.63, 3.8) is 0 Å². The molecule has 0 heterocycles. The normalized spacial score (nSPS) is 10.3. The van der Waals surface area contributed by atoms with Gasteiger partial charge in [-0.2, -0.15) is 0 Å². The summed E-state index contributed by atoms with van der Waals surface area (Å²) in [5, 5.41) is 0. The Morgan fingerprint density at radius 2 is 1.95 bits per heavy atom. The average molecular weight is 334 g/mol. The van der Waals surface area contributed by atoms with Crippen molar-refractivity contribution in [2.75, 3.05) is 12.3 Å². The minimum Gasteiger partial charge on any atom is -0.493 e. The van der Waals surface area contributed by atoms with Crippen LogP contribution in [0.1, 0.15) is 28.4 Å². The third-order valence-electron chi connectivity index (χ3n) is 2.98. The topological polar surface area (TPSA) is 52.3 Å². The lowest BCUT2D eigenvalue weighted by atomic mass is 9.98. The van der Waals surface area contributed by atoms with Crippen LogP contribution >= 0.6 is 15.9 Å². The van der Waals surface area contributed by atoms with Crippen molar-refractivity contribution in [1.82, 2.24) is 0 Å². The predicted octanol–water partition coefficient (Wildman–Crippen LogP) is 3.97. The van der Waals surface area contributed by atoms with Gasteiger partial charge in [-0.25, -0.2) is 0 Å². The molecule has 0 aliphatic heterocycles. The zero-order valence-electron chi connectivity index (χ0n) is 11.4. The van der Waals surface area contributed by atoms with Crippen LogP contribution in [-0.2, 0) is 0 Å². The first-order chi connectivity index (χ1) is 9.52. The predicted molar refractivity (Wildman–Crippen MR) is 84.3 cm³/mol. The first kappa shape index (κ1) is 14.6. The lowest BCUT2D eigenvalue weighted by Crippen LogP contribution is -2.07. The van der Waals surface area contributed by atoms with Crippen LogP contribution in [0, 0.1) is 6.92 Å². The largest absolute Gasteiger partial charge is 0.493 e. The number of halogens is 1. The summed E-state index contributed by atoms with van der Waals surface area (Å²) in [6.45, 7) is 4.29. The highest BCUT2D eigenvalue weighted by molar-refractivity contribution is 9.10. The quantitative estimate of drug-likeness (QED) is 0.680. The fourth-order valence-electron chi connectivity index (χ4n) is 2.05. The van der Waals surface area contributed by atoms with Crippen LogP contribution in [0.3, 0.4) is 0 Å². The number of nitrogens with two attached hydrogens (primary N) is 1. The molecule has 4 heteroatoms. The highest BCUT2D eigenvalue weighted by Gasteiger charge is 2.17. The SMILES string of the molecule is CCOc1ccc(Br)cc1C(=O)c1ccc(N)cc1C. The highest BCUT2D eigenvalue weighted by Crippen LogP contribution is 2.27. The second-order valence-electron chi connectivity index (χ2n) is 4.48. The minimum atomic E-state index is -0.0627. The Hall–Kier alpha value is -1.81. The van der Waals surface area contributed by atoms with E-state index < -0.39 is 0 Å². The van der Waals surface area contributed by atoms with Crippen LogP contribution in [0.5, 0.6) is 5.75 Å². The first-order valence-electron chi connectivity index (χ1n) is 6.36. The number of carbonyl (C=O) groups is 1. The molecule has 2 aromatic rings. The summed E-state index contributed by atoms with van der Waals surface area (Å²) in [6.07, 6.45) is 0. The van der Waals surface area contributed by atoms with Gasteiger partial charge in [0.1, 0.15) is 5.75 Å². The Bertz CT molecular complexity index is 653. The summed E-state index contributed by atoms with van der Waals surface area (Å²) >= 11 is 3.39. The van der Waals surface area contributed by atoms with E-state index in [0.29, 0.717) is 29.2 Å². The van der Waals surface area contributed by atoms with E-state index in [0.717, 1.165) is 10.0 Å². The molecule has 2 aromatic carbocycles. The van der Waals surface area contributed by atoms with Crippen LogP contribution < -0.4 is 10.5 Å². The molecule has 0 aliphatic rings. The maximum Gasteiger partial charge on any atom is 0.197 e. The molecule has 2 rings (SSSR count). The van der Waals surface area contributed by atoms with Crippen molar-refractivity contribution >= 4 is 27.4 Å². The van der Waals surface area contributed by atoms with E-state index in [1.165, 1.54) is 0 Å². The molecule has 0 fully saturated rings. The molecular formula is C16H16BrNO2. The van der Waals surface area contributed by atoms with Crippen molar-refractivity contribution in [2.24, 2.45) is 0 Å². The van der Waals surface area contributed by atoms with Gasteiger partial charge in [-0.3, -0.25) is 4.79 Å². The molecule has 0 aromatic heterocycles. The molecule has 0 saturated carbocycles. The summed E-state index contributed by atoms with van der Waals surface area (Å²) in [7, 11) is 0. The Balaban J connectivity index is 2.49. The first-order valence-corrected chi connectivity index (χ1v) is 7.15. The molecule has 0 bridgehead atoms. The fraction of sp³-hybridized carbons (Fsp3) is 0.188. The van der Waals surface area contributed by atoms with E-state index in [2.05, 4.69) is 15.9 Å². The molecule has 104 valence electrons. The molecule has 20 heavy (non-hydrogen) atoms. The molecule has 0 radical (unpaired) electrons. The van der Waals surface area contributed by atoms with Gasteiger partial charge in [-0.05, 0) is 55.8 Å². The lowest BCUT2D eigenvalue weighted by molar-refractivity contribution is 0.103. The van der Waals surface area contributed by atoms with Crippen molar-refractivity contribution in [3.05, 3.63) is 57.6 Å². The van der Waals surface area contributed by atoms with Crippen LogP contribution in [-0.4, -0.2) is 12.4 Å². The molecule has 0 saturated heterocycles. The summed E-state index contributed by atoms with van der Waals surface area (Å²) in [5.74, 6) is 0.532. The highest BCUT2D eigenvalue weighted by atomic mass is 79.9. The second-order valence-corrected chi connectivity index (χ2v) is 5.39. The Labute approximate surface area is 126 Å². The second kappa shape index (κ2) is 6.09. The van der Waals surface area contributed by atoms with Crippen molar-refractivity contribution in [3.8, 4) is 5.75 Å². The summed E-state index contributed by atoms with van der Waals surface area (Å²) in [5.41, 5.74) is 8.42. The average Bonchev–Trinajstić information content (AvgIpc) is 2.40. The summed E-state index contributed by atoms with van der Waals surface area (Å²) in [4.78, 5) is 12.7. The number of anilines is 1. The number of ether oxygens (including phenoxy) is 1. The van der Waals surface area contributed by atoms with Crippen molar-refractivity contribution in [2.45, 2.75) is 13.8 Å². The number of hydrogen-bond acceptors (Lipinski definition) is 3. The molecular weight excluding hydrogens is 318 g/mol. The zero-order chi connectivity index (χ0) is 14.7. The van der Waals surface area contributed by atoms with Gasteiger partial charge < -0.3 is 10.5 Å². The number of ketones is 1. The van der Waals surface area contributed by atoms with Crippen molar-refractivity contribution in [1.29, 1.82) is 0 Å². The molecule has 0 aliphatic carbocycles. The number of carbonyl (C=O) groups excluding carboxylic acids is 1. The van der Waals surface area contributed by atoms with Gasteiger partial charge in [-0.15, -0.1) is 0 Å². The van der Waals surface area contributed by atoms with E-state index in [4.69, 9.17) is 10.5 Å². The molecule has 0 amide bonds. The minimum absolute atomic E-state index is 0.0627. The Morgan fingerprint density at radius 1 is 1.20 bits per heavy atom. The van der Waals surface area contributed by atoms with Crippen LogP contribution in [0.4, 0.5) is 5.69 Å². The molecule has 0 unspecified atom stereocenters. The fourth-order valence-corrected chi connectivity index (χ4v) is 2.41. The molecule has 3 nitrogen and oxygen atoms in total. The van der Waals surface area contributed by atoms with Gasteiger partial charge in [0.25, 0.3) is 0 Å².